The zero-order valence-electron chi connectivity index (χ0n) is 18.3. The van der Waals surface area contributed by atoms with Crippen LogP contribution in [0.1, 0.15) is 18.4 Å². The number of methoxy groups -OCH3 is 2. The summed E-state index contributed by atoms with van der Waals surface area (Å²) in [5.74, 6) is 0.834. The van der Waals surface area contributed by atoms with E-state index in [9.17, 15) is 13.2 Å². The Morgan fingerprint density at radius 1 is 1.06 bits per heavy atom. The maximum absolute atomic E-state index is 13.5. The summed E-state index contributed by atoms with van der Waals surface area (Å²) in [6.45, 7) is 0. The van der Waals surface area contributed by atoms with Gasteiger partial charge in [0, 0.05) is 6.42 Å². The number of carbonyl (C=O) groups excluding carboxylic acids is 1. The molecule has 1 N–H and O–H groups in total. The Balaban J connectivity index is 1.84. The predicted octanol–water partition coefficient (Wildman–Crippen LogP) is 4.56. The largest absolute Gasteiger partial charge is 0.497 e. The zero-order chi connectivity index (χ0) is 23.8. The topological polar surface area (TPSA) is 94.6 Å². The number of benzene rings is 2. The first-order chi connectivity index (χ1) is 15.8. The predicted molar refractivity (Wildman–Crippen MR) is 128 cm³/mol. The second-order valence-corrected chi connectivity index (χ2v) is 9.93. The average molecular weight is 489 g/mol. The number of amides is 1. The fraction of sp³-hybridized carbons (Fsp3) is 0.250. The Bertz CT molecular complexity index is 1190. The molecule has 0 aliphatic rings. The molecule has 0 bridgehead atoms. The summed E-state index contributed by atoms with van der Waals surface area (Å²) in [6.07, 6.45) is 1.73. The number of anilines is 1. The van der Waals surface area contributed by atoms with E-state index in [2.05, 4.69) is 10.3 Å². The second-order valence-electron chi connectivity index (χ2n) is 7.32. The van der Waals surface area contributed by atoms with E-state index >= 15 is 0 Å². The van der Waals surface area contributed by atoms with Crippen molar-refractivity contribution in [3.63, 3.8) is 0 Å². The van der Waals surface area contributed by atoms with Gasteiger partial charge in [0.1, 0.15) is 16.7 Å². The SMILES string of the molecule is COc1ccc(OC)c(CC(CCC(=O)Nc2ccc(Cl)nc2)S(=O)(=O)c2ccccc2)c1. The summed E-state index contributed by atoms with van der Waals surface area (Å²) in [6, 6.07) is 16.7. The summed E-state index contributed by atoms with van der Waals surface area (Å²) in [7, 11) is -0.655. The van der Waals surface area contributed by atoms with Crippen molar-refractivity contribution in [3.8, 4) is 11.5 Å². The highest BCUT2D eigenvalue weighted by Gasteiger charge is 2.29. The fourth-order valence-electron chi connectivity index (χ4n) is 3.42. The van der Waals surface area contributed by atoms with Gasteiger partial charge in [0.05, 0.1) is 36.2 Å². The fourth-order valence-corrected chi connectivity index (χ4v) is 5.28. The molecule has 0 aliphatic carbocycles. The molecule has 0 saturated heterocycles. The molecule has 1 unspecified atom stereocenters. The zero-order valence-corrected chi connectivity index (χ0v) is 19.9. The standard InChI is InChI=1S/C24H25ClN2O5S/c1-31-19-9-11-22(32-2)17(14-19)15-21(33(29,30)20-6-4-3-5-7-20)10-13-24(28)27-18-8-12-23(25)26-16-18/h3-9,11-12,14,16,21H,10,13,15H2,1-2H3,(H,27,28). The van der Waals surface area contributed by atoms with E-state index in [0.29, 0.717) is 27.9 Å². The normalized spacial score (nSPS) is 12.1. The van der Waals surface area contributed by atoms with Crippen molar-refractivity contribution in [3.05, 3.63) is 77.6 Å². The third-order valence-corrected chi connectivity index (χ3v) is 7.58. The third-order valence-electron chi connectivity index (χ3n) is 5.15. The average Bonchev–Trinajstić information content (AvgIpc) is 2.83. The number of pyridine rings is 1. The number of halogens is 1. The maximum Gasteiger partial charge on any atom is 0.224 e. The first-order valence-corrected chi connectivity index (χ1v) is 12.2. The molecule has 33 heavy (non-hydrogen) atoms. The van der Waals surface area contributed by atoms with Crippen molar-refractivity contribution in [1.82, 2.24) is 4.98 Å². The Morgan fingerprint density at radius 3 is 2.45 bits per heavy atom. The number of nitrogens with zero attached hydrogens (tertiary/aromatic N) is 1. The lowest BCUT2D eigenvalue weighted by atomic mass is 10.0. The van der Waals surface area contributed by atoms with Crippen LogP contribution < -0.4 is 14.8 Å². The second kappa shape index (κ2) is 11.2. The van der Waals surface area contributed by atoms with Crippen LogP contribution in [-0.4, -0.2) is 38.8 Å². The molecule has 1 atom stereocenters. The van der Waals surface area contributed by atoms with Gasteiger partial charge in [-0.15, -0.1) is 0 Å². The lowest BCUT2D eigenvalue weighted by Crippen LogP contribution is -2.26. The van der Waals surface area contributed by atoms with Gasteiger partial charge in [-0.2, -0.15) is 0 Å². The van der Waals surface area contributed by atoms with Gasteiger partial charge in [0.2, 0.25) is 5.91 Å². The molecule has 1 aromatic heterocycles. The summed E-state index contributed by atoms with van der Waals surface area (Å²) in [4.78, 5) is 16.7. The summed E-state index contributed by atoms with van der Waals surface area (Å²) >= 11 is 5.77. The minimum absolute atomic E-state index is 0.00560. The lowest BCUT2D eigenvalue weighted by Gasteiger charge is -2.20. The van der Waals surface area contributed by atoms with Gasteiger partial charge in [-0.05, 0) is 60.9 Å². The van der Waals surface area contributed by atoms with Gasteiger partial charge >= 0.3 is 0 Å². The van der Waals surface area contributed by atoms with Crippen molar-refractivity contribution in [2.24, 2.45) is 0 Å². The van der Waals surface area contributed by atoms with E-state index in [1.54, 1.807) is 67.8 Å². The molecule has 1 amide bonds. The van der Waals surface area contributed by atoms with Gasteiger partial charge in [-0.1, -0.05) is 29.8 Å². The molecular formula is C24H25ClN2O5S. The first kappa shape index (κ1) is 24.5. The van der Waals surface area contributed by atoms with Crippen molar-refractivity contribution in [1.29, 1.82) is 0 Å². The molecule has 3 rings (SSSR count). The molecule has 0 saturated carbocycles. The Labute approximate surface area is 198 Å². The van der Waals surface area contributed by atoms with Crippen LogP contribution in [0.25, 0.3) is 0 Å². The number of nitrogens with one attached hydrogen (secondary N) is 1. The van der Waals surface area contributed by atoms with Crippen LogP contribution in [0.5, 0.6) is 11.5 Å². The van der Waals surface area contributed by atoms with Crippen LogP contribution in [0.3, 0.4) is 0 Å². The van der Waals surface area contributed by atoms with Crippen molar-refractivity contribution >= 4 is 33.0 Å². The lowest BCUT2D eigenvalue weighted by molar-refractivity contribution is -0.116. The third kappa shape index (κ3) is 6.46. The van der Waals surface area contributed by atoms with Crippen LogP contribution in [-0.2, 0) is 21.1 Å². The monoisotopic (exact) mass is 488 g/mol. The number of hydrogen-bond acceptors (Lipinski definition) is 6. The van der Waals surface area contributed by atoms with E-state index in [1.807, 2.05) is 0 Å². The molecule has 9 heteroatoms. The molecule has 0 fully saturated rings. The van der Waals surface area contributed by atoms with E-state index in [-0.39, 0.29) is 30.1 Å². The molecule has 2 aromatic carbocycles. The smallest absolute Gasteiger partial charge is 0.224 e. The van der Waals surface area contributed by atoms with Gasteiger partial charge in [-0.3, -0.25) is 4.79 Å². The van der Waals surface area contributed by atoms with Crippen molar-refractivity contribution < 1.29 is 22.7 Å². The molecule has 1 heterocycles. The van der Waals surface area contributed by atoms with Crippen LogP contribution in [0.15, 0.2) is 71.8 Å². The summed E-state index contributed by atoms with van der Waals surface area (Å²) in [5, 5.41) is 2.18. The molecule has 7 nitrogen and oxygen atoms in total. The van der Waals surface area contributed by atoms with Gasteiger partial charge in [0.15, 0.2) is 9.84 Å². The number of ether oxygens (including phenoxy) is 2. The van der Waals surface area contributed by atoms with E-state index in [0.717, 1.165) is 0 Å². The first-order valence-electron chi connectivity index (χ1n) is 10.2. The van der Waals surface area contributed by atoms with Crippen molar-refractivity contribution in [2.75, 3.05) is 19.5 Å². The summed E-state index contributed by atoms with van der Waals surface area (Å²) < 4.78 is 37.7. The number of rotatable bonds is 10. The number of sulfone groups is 1. The molecule has 0 aliphatic heterocycles. The highest BCUT2D eigenvalue weighted by atomic mass is 35.5. The van der Waals surface area contributed by atoms with Crippen molar-refractivity contribution in [2.45, 2.75) is 29.4 Å². The molecule has 3 aromatic rings. The minimum atomic E-state index is -3.72. The Kier molecular flexibility index (Phi) is 8.30. The van der Waals surface area contributed by atoms with Crippen LogP contribution in [0.4, 0.5) is 5.69 Å². The number of carbonyl (C=O) groups is 1. The van der Waals surface area contributed by atoms with E-state index in [4.69, 9.17) is 21.1 Å². The molecule has 0 radical (unpaired) electrons. The van der Waals surface area contributed by atoms with E-state index < -0.39 is 15.1 Å². The molecular weight excluding hydrogens is 464 g/mol. The molecule has 174 valence electrons. The Hall–Kier alpha value is -3.10. The van der Waals surface area contributed by atoms with Gasteiger partial charge in [0.25, 0.3) is 0 Å². The van der Waals surface area contributed by atoms with E-state index in [1.165, 1.54) is 13.3 Å². The highest BCUT2D eigenvalue weighted by Crippen LogP contribution is 2.30. The quantitative estimate of drug-likeness (QED) is 0.420. The number of aromatic nitrogens is 1. The highest BCUT2D eigenvalue weighted by molar-refractivity contribution is 7.92. The summed E-state index contributed by atoms with van der Waals surface area (Å²) in [5.41, 5.74) is 1.17. The van der Waals surface area contributed by atoms with Crippen LogP contribution in [0, 0.1) is 0 Å². The molecule has 0 spiro atoms. The minimum Gasteiger partial charge on any atom is -0.497 e. The van der Waals surface area contributed by atoms with Crippen LogP contribution >= 0.6 is 11.6 Å². The Morgan fingerprint density at radius 2 is 1.82 bits per heavy atom. The van der Waals surface area contributed by atoms with Gasteiger partial charge < -0.3 is 14.8 Å². The number of hydrogen-bond donors (Lipinski definition) is 1. The maximum atomic E-state index is 13.5. The van der Waals surface area contributed by atoms with Gasteiger partial charge in [-0.25, -0.2) is 13.4 Å². The van der Waals surface area contributed by atoms with Crippen LogP contribution in [0.2, 0.25) is 5.15 Å².